The molecule has 1 aromatic carbocycles. The van der Waals surface area contributed by atoms with Crippen LogP contribution in [0.4, 0.5) is 10.1 Å². The quantitative estimate of drug-likeness (QED) is 0.830. The van der Waals surface area contributed by atoms with E-state index in [1.165, 1.54) is 18.3 Å². The second kappa shape index (κ2) is 6.64. The number of pyridine rings is 1. The predicted molar refractivity (Wildman–Crippen MR) is 77.3 cm³/mol. The molecular formula is C16H13FN2O2. The maximum atomic E-state index is 13.2. The number of rotatable bonds is 2. The number of hydrogen-bond acceptors (Lipinski definition) is 3. The Bertz CT molecular complexity index is 733. The fourth-order valence-electron chi connectivity index (χ4n) is 1.77. The zero-order chi connectivity index (χ0) is 15.2. The van der Waals surface area contributed by atoms with Gasteiger partial charge < -0.3 is 10.4 Å². The number of aliphatic hydroxyl groups is 1. The van der Waals surface area contributed by atoms with Crippen LogP contribution in [0, 0.1) is 24.6 Å². The largest absolute Gasteiger partial charge is 0.384 e. The number of carbonyl (C=O) groups excluding carboxylic acids is 1. The van der Waals surface area contributed by atoms with Gasteiger partial charge in [-0.05, 0) is 36.8 Å². The summed E-state index contributed by atoms with van der Waals surface area (Å²) in [6, 6.07) is 5.47. The summed E-state index contributed by atoms with van der Waals surface area (Å²) in [5.74, 6) is 4.07. The van der Waals surface area contributed by atoms with E-state index in [-0.39, 0.29) is 17.7 Å². The average Bonchev–Trinajstić information content (AvgIpc) is 2.45. The van der Waals surface area contributed by atoms with Gasteiger partial charge in [-0.2, -0.15) is 0 Å². The normalized spacial score (nSPS) is 9.67. The topological polar surface area (TPSA) is 62.2 Å². The number of nitrogens with zero attached hydrogens (tertiary/aromatic N) is 1. The first-order valence-electron chi connectivity index (χ1n) is 6.22. The smallest absolute Gasteiger partial charge is 0.256 e. The molecule has 1 amide bonds. The SMILES string of the molecule is Cc1cncc(NC(=O)c2ccc(F)cc2C#CCO)c1. The van der Waals surface area contributed by atoms with Crippen LogP contribution in [-0.4, -0.2) is 22.6 Å². The highest BCUT2D eigenvalue weighted by molar-refractivity contribution is 6.05. The maximum absolute atomic E-state index is 13.2. The zero-order valence-electron chi connectivity index (χ0n) is 11.4. The van der Waals surface area contributed by atoms with E-state index in [1.54, 1.807) is 12.3 Å². The third-order valence-electron chi connectivity index (χ3n) is 2.66. The molecule has 0 bridgehead atoms. The minimum atomic E-state index is -0.494. The lowest BCUT2D eigenvalue weighted by Gasteiger charge is -2.07. The van der Waals surface area contributed by atoms with Crippen LogP contribution >= 0.6 is 0 Å². The third-order valence-corrected chi connectivity index (χ3v) is 2.66. The molecule has 106 valence electrons. The summed E-state index contributed by atoms with van der Waals surface area (Å²) in [4.78, 5) is 16.2. The number of nitrogens with one attached hydrogen (secondary N) is 1. The Morgan fingerprint density at radius 2 is 2.19 bits per heavy atom. The van der Waals surface area contributed by atoms with Crippen molar-refractivity contribution in [2.24, 2.45) is 0 Å². The van der Waals surface area contributed by atoms with Gasteiger partial charge in [-0.1, -0.05) is 11.8 Å². The molecule has 0 saturated carbocycles. The first-order valence-corrected chi connectivity index (χ1v) is 6.22. The van der Waals surface area contributed by atoms with Gasteiger partial charge in [0.15, 0.2) is 0 Å². The third kappa shape index (κ3) is 3.88. The van der Waals surface area contributed by atoms with E-state index in [9.17, 15) is 9.18 Å². The van der Waals surface area contributed by atoms with E-state index in [0.29, 0.717) is 5.69 Å². The van der Waals surface area contributed by atoms with E-state index in [4.69, 9.17) is 5.11 Å². The van der Waals surface area contributed by atoms with Gasteiger partial charge in [0.1, 0.15) is 12.4 Å². The van der Waals surface area contributed by atoms with Crippen molar-refractivity contribution in [3.8, 4) is 11.8 Å². The van der Waals surface area contributed by atoms with Crippen LogP contribution in [-0.2, 0) is 0 Å². The number of benzene rings is 1. The molecule has 2 N–H and O–H groups in total. The monoisotopic (exact) mass is 284 g/mol. The Hall–Kier alpha value is -2.71. The number of carbonyl (C=O) groups is 1. The highest BCUT2D eigenvalue weighted by Crippen LogP contribution is 2.14. The number of aryl methyl sites for hydroxylation is 1. The lowest BCUT2D eigenvalue weighted by molar-refractivity contribution is 0.102. The van der Waals surface area contributed by atoms with Gasteiger partial charge in [-0.3, -0.25) is 9.78 Å². The highest BCUT2D eigenvalue weighted by Gasteiger charge is 2.11. The Balaban J connectivity index is 2.30. The van der Waals surface area contributed by atoms with E-state index in [1.807, 2.05) is 6.92 Å². The number of halogens is 1. The van der Waals surface area contributed by atoms with Gasteiger partial charge in [-0.15, -0.1) is 0 Å². The molecule has 0 unspecified atom stereocenters. The molecule has 0 radical (unpaired) electrons. The Labute approximate surface area is 121 Å². The number of anilines is 1. The zero-order valence-corrected chi connectivity index (χ0v) is 11.4. The summed E-state index contributed by atoms with van der Waals surface area (Å²) in [6.07, 6.45) is 3.19. The molecule has 0 aliphatic carbocycles. The lowest BCUT2D eigenvalue weighted by atomic mass is 10.1. The molecule has 4 nitrogen and oxygen atoms in total. The molecule has 0 fully saturated rings. The Morgan fingerprint density at radius 3 is 2.90 bits per heavy atom. The number of aliphatic hydroxyl groups excluding tert-OH is 1. The van der Waals surface area contributed by atoms with Gasteiger partial charge in [0, 0.05) is 11.8 Å². The lowest BCUT2D eigenvalue weighted by Crippen LogP contribution is -2.14. The fraction of sp³-hybridized carbons (Fsp3) is 0.125. The number of amides is 1. The van der Waals surface area contributed by atoms with Gasteiger partial charge in [0.2, 0.25) is 0 Å². The van der Waals surface area contributed by atoms with Gasteiger partial charge >= 0.3 is 0 Å². The first-order chi connectivity index (χ1) is 10.1. The van der Waals surface area contributed by atoms with Gasteiger partial charge in [0.25, 0.3) is 5.91 Å². The van der Waals surface area contributed by atoms with Gasteiger partial charge in [-0.25, -0.2) is 4.39 Å². The Kier molecular flexibility index (Phi) is 4.64. The maximum Gasteiger partial charge on any atom is 0.256 e. The predicted octanol–water partition coefficient (Wildman–Crippen LogP) is 2.13. The van der Waals surface area contributed by atoms with Crippen molar-refractivity contribution in [1.82, 2.24) is 4.98 Å². The van der Waals surface area contributed by atoms with Crippen LogP contribution in [0.15, 0.2) is 36.7 Å². The van der Waals surface area contributed by atoms with Crippen molar-refractivity contribution in [3.05, 3.63) is 59.2 Å². The van der Waals surface area contributed by atoms with Crippen LogP contribution in [0.5, 0.6) is 0 Å². The summed E-state index contributed by atoms with van der Waals surface area (Å²) in [7, 11) is 0. The van der Waals surface area contributed by atoms with Crippen LogP contribution in [0.3, 0.4) is 0 Å². The van der Waals surface area contributed by atoms with E-state index in [2.05, 4.69) is 22.1 Å². The molecule has 2 rings (SSSR count). The molecular weight excluding hydrogens is 271 g/mol. The second-order valence-corrected chi connectivity index (χ2v) is 4.35. The van der Waals surface area contributed by atoms with E-state index >= 15 is 0 Å². The first kappa shape index (κ1) is 14.7. The van der Waals surface area contributed by atoms with E-state index in [0.717, 1.165) is 11.6 Å². The van der Waals surface area contributed by atoms with Crippen LogP contribution in [0.25, 0.3) is 0 Å². The van der Waals surface area contributed by atoms with Crippen molar-refractivity contribution in [2.75, 3.05) is 11.9 Å². The molecule has 2 aromatic rings. The van der Waals surface area contributed by atoms with Crippen molar-refractivity contribution < 1.29 is 14.3 Å². The summed E-state index contributed by atoms with van der Waals surface area (Å²) in [6.45, 7) is 1.50. The van der Waals surface area contributed by atoms with Crippen molar-refractivity contribution in [1.29, 1.82) is 0 Å². The summed E-state index contributed by atoms with van der Waals surface area (Å²) >= 11 is 0. The number of aromatic nitrogens is 1. The molecule has 0 aliphatic rings. The fourth-order valence-corrected chi connectivity index (χ4v) is 1.77. The molecule has 0 spiro atoms. The minimum absolute atomic E-state index is 0.224. The highest BCUT2D eigenvalue weighted by atomic mass is 19.1. The molecule has 5 heteroatoms. The summed E-state index contributed by atoms with van der Waals surface area (Å²) in [5.41, 5.74) is 1.92. The Morgan fingerprint density at radius 1 is 1.38 bits per heavy atom. The van der Waals surface area contributed by atoms with Crippen LogP contribution in [0.2, 0.25) is 0 Å². The summed E-state index contributed by atoms with van der Waals surface area (Å²) in [5, 5.41) is 11.4. The van der Waals surface area contributed by atoms with Crippen molar-refractivity contribution >= 4 is 11.6 Å². The van der Waals surface area contributed by atoms with Crippen molar-refractivity contribution in [3.63, 3.8) is 0 Å². The molecule has 1 heterocycles. The standard InChI is InChI=1S/C16H13FN2O2/c1-11-7-14(10-18-9-11)19-16(21)15-5-4-13(17)8-12(15)3-2-6-20/h4-5,7-10,20H,6H2,1H3,(H,19,21). The van der Waals surface area contributed by atoms with Crippen LogP contribution < -0.4 is 5.32 Å². The van der Waals surface area contributed by atoms with Crippen LogP contribution in [0.1, 0.15) is 21.5 Å². The molecule has 0 saturated heterocycles. The summed E-state index contributed by atoms with van der Waals surface area (Å²) < 4.78 is 13.2. The molecule has 1 aromatic heterocycles. The van der Waals surface area contributed by atoms with E-state index < -0.39 is 11.7 Å². The molecule has 21 heavy (non-hydrogen) atoms. The second-order valence-electron chi connectivity index (χ2n) is 4.35. The molecule has 0 aliphatic heterocycles. The van der Waals surface area contributed by atoms with Crippen molar-refractivity contribution in [2.45, 2.75) is 6.92 Å². The minimum Gasteiger partial charge on any atom is -0.384 e. The number of hydrogen-bond donors (Lipinski definition) is 2. The van der Waals surface area contributed by atoms with Gasteiger partial charge in [0.05, 0.1) is 17.4 Å². The molecule has 0 atom stereocenters. The average molecular weight is 284 g/mol.